The monoisotopic (exact) mass is 276 g/mol. The second-order valence-corrected chi connectivity index (χ2v) is 7.04. The first-order valence-electron chi connectivity index (χ1n) is 6.71. The minimum Gasteiger partial charge on any atom is -0.338 e. The Hall–Kier alpha value is -0.780. The van der Waals surface area contributed by atoms with Crippen LogP contribution >= 0.6 is 0 Å². The van der Waals surface area contributed by atoms with Crippen LogP contribution in [-0.4, -0.2) is 50.5 Å². The van der Waals surface area contributed by atoms with Gasteiger partial charge in [0, 0.05) is 19.6 Å². The molecule has 1 atom stereocenters. The van der Waals surface area contributed by atoms with E-state index in [1.807, 2.05) is 13.8 Å². The lowest BCUT2D eigenvalue weighted by Gasteiger charge is -2.19. The highest BCUT2D eigenvalue weighted by Crippen LogP contribution is 2.22. The van der Waals surface area contributed by atoms with Crippen LogP contribution in [-0.2, 0) is 9.84 Å². The molecule has 1 unspecified atom stereocenters. The van der Waals surface area contributed by atoms with Gasteiger partial charge in [-0.1, -0.05) is 0 Å². The number of hydrogen-bond donors (Lipinski definition) is 1. The molecule has 106 valence electrons. The number of rotatable bonds is 6. The van der Waals surface area contributed by atoms with E-state index < -0.39 is 9.84 Å². The van der Waals surface area contributed by atoms with Crippen LogP contribution in [0, 0.1) is 5.92 Å². The molecule has 1 fully saturated rings. The van der Waals surface area contributed by atoms with Gasteiger partial charge in [-0.15, -0.1) is 0 Å². The fourth-order valence-electron chi connectivity index (χ4n) is 2.31. The third-order valence-corrected chi connectivity index (χ3v) is 5.28. The van der Waals surface area contributed by atoms with E-state index in [0.717, 1.165) is 19.3 Å². The van der Waals surface area contributed by atoms with Gasteiger partial charge in [0.25, 0.3) is 0 Å². The number of urea groups is 1. The van der Waals surface area contributed by atoms with E-state index in [0.29, 0.717) is 37.1 Å². The largest absolute Gasteiger partial charge is 0.338 e. The molecule has 18 heavy (non-hydrogen) atoms. The summed E-state index contributed by atoms with van der Waals surface area (Å²) in [5.41, 5.74) is 0. The zero-order valence-electron chi connectivity index (χ0n) is 11.3. The lowest BCUT2D eigenvalue weighted by Crippen LogP contribution is -2.40. The maximum atomic E-state index is 11.6. The van der Waals surface area contributed by atoms with Crippen molar-refractivity contribution in [1.29, 1.82) is 0 Å². The van der Waals surface area contributed by atoms with Gasteiger partial charge >= 0.3 is 6.03 Å². The van der Waals surface area contributed by atoms with Crippen molar-refractivity contribution in [3.05, 3.63) is 0 Å². The Bertz CT molecular complexity index is 364. The van der Waals surface area contributed by atoms with Gasteiger partial charge < -0.3 is 10.2 Å². The van der Waals surface area contributed by atoms with Crippen LogP contribution < -0.4 is 5.32 Å². The van der Waals surface area contributed by atoms with E-state index in [1.165, 1.54) is 0 Å². The predicted molar refractivity (Wildman–Crippen MR) is 72.3 cm³/mol. The first kappa shape index (κ1) is 15.3. The molecule has 1 rings (SSSR count). The minimum absolute atomic E-state index is 0.0287. The second kappa shape index (κ2) is 6.97. The molecule has 0 saturated carbocycles. The molecular formula is C12H24N2O3S. The summed E-state index contributed by atoms with van der Waals surface area (Å²) in [7, 11) is -2.77. The van der Waals surface area contributed by atoms with Crippen LogP contribution in [0.15, 0.2) is 0 Å². The van der Waals surface area contributed by atoms with Gasteiger partial charge in [-0.3, -0.25) is 0 Å². The van der Waals surface area contributed by atoms with E-state index in [2.05, 4.69) is 5.32 Å². The fraction of sp³-hybridized carbons (Fsp3) is 0.917. The maximum Gasteiger partial charge on any atom is 0.317 e. The molecule has 0 aromatic rings. The summed E-state index contributed by atoms with van der Waals surface area (Å²) in [6.07, 6.45) is 2.53. The summed E-state index contributed by atoms with van der Waals surface area (Å²) >= 11 is 0. The zero-order chi connectivity index (χ0) is 13.6. The first-order valence-corrected chi connectivity index (χ1v) is 8.53. The van der Waals surface area contributed by atoms with Crippen molar-refractivity contribution in [1.82, 2.24) is 10.2 Å². The van der Waals surface area contributed by atoms with Crippen molar-refractivity contribution < 1.29 is 13.2 Å². The number of carbonyl (C=O) groups excluding carboxylic acids is 1. The molecule has 0 aliphatic carbocycles. The van der Waals surface area contributed by atoms with Crippen molar-refractivity contribution in [2.75, 3.05) is 31.1 Å². The highest BCUT2D eigenvalue weighted by atomic mass is 32.2. The lowest BCUT2D eigenvalue weighted by atomic mass is 10.0. The highest BCUT2D eigenvalue weighted by Gasteiger charge is 2.27. The Morgan fingerprint density at radius 3 is 2.50 bits per heavy atom. The van der Waals surface area contributed by atoms with Crippen LogP contribution in [0.4, 0.5) is 4.79 Å². The van der Waals surface area contributed by atoms with Gasteiger partial charge in [0.15, 0.2) is 9.84 Å². The molecule has 0 bridgehead atoms. The van der Waals surface area contributed by atoms with Gasteiger partial charge in [0.05, 0.1) is 11.5 Å². The van der Waals surface area contributed by atoms with Crippen LogP contribution in [0.5, 0.6) is 0 Å². The number of carbonyl (C=O) groups is 1. The summed E-state index contributed by atoms with van der Waals surface area (Å²) in [6, 6.07) is -0.0287. The Balaban J connectivity index is 2.14. The van der Waals surface area contributed by atoms with Gasteiger partial charge in [0.2, 0.25) is 0 Å². The van der Waals surface area contributed by atoms with E-state index in [9.17, 15) is 13.2 Å². The predicted octanol–water partition coefficient (Wildman–Crippen LogP) is 1.25. The minimum atomic E-state index is -2.77. The molecule has 2 amide bonds. The number of amides is 2. The van der Waals surface area contributed by atoms with E-state index in [4.69, 9.17) is 0 Å². The van der Waals surface area contributed by atoms with Crippen molar-refractivity contribution in [3.8, 4) is 0 Å². The molecule has 6 heteroatoms. The SMILES string of the molecule is CCN(CC)C(=O)NCCCC1CCS(=O)(=O)C1. The zero-order valence-corrected chi connectivity index (χ0v) is 12.1. The Morgan fingerprint density at radius 1 is 1.33 bits per heavy atom. The maximum absolute atomic E-state index is 11.6. The van der Waals surface area contributed by atoms with E-state index >= 15 is 0 Å². The lowest BCUT2D eigenvalue weighted by molar-refractivity contribution is 0.203. The summed E-state index contributed by atoms with van der Waals surface area (Å²) in [5.74, 6) is 0.959. The normalized spacial score (nSPS) is 21.8. The average molecular weight is 276 g/mol. The second-order valence-electron chi connectivity index (χ2n) is 4.82. The summed E-state index contributed by atoms with van der Waals surface area (Å²) in [5, 5.41) is 2.87. The molecule has 1 aliphatic heterocycles. The molecule has 0 spiro atoms. The molecular weight excluding hydrogens is 252 g/mol. The first-order chi connectivity index (χ1) is 8.48. The molecule has 5 nitrogen and oxygen atoms in total. The van der Waals surface area contributed by atoms with E-state index in [1.54, 1.807) is 4.90 Å². The molecule has 0 aromatic carbocycles. The number of hydrogen-bond acceptors (Lipinski definition) is 3. The van der Waals surface area contributed by atoms with E-state index in [-0.39, 0.29) is 6.03 Å². The van der Waals surface area contributed by atoms with Crippen LogP contribution in [0.3, 0.4) is 0 Å². The van der Waals surface area contributed by atoms with Crippen LogP contribution in [0.1, 0.15) is 33.1 Å². The number of nitrogens with zero attached hydrogens (tertiary/aromatic N) is 1. The van der Waals surface area contributed by atoms with Crippen molar-refractivity contribution in [2.24, 2.45) is 5.92 Å². The topological polar surface area (TPSA) is 66.5 Å². The fourth-order valence-corrected chi connectivity index (χ4v) is 4.22. The summed E-state index contributed by atoms with van der Waals surface area (Å²) in [4.78, 5) is 13.4. The third-order valence-electron chi connectivity index (χ3n) is 3.44. The molecule has 1 aliphatic rings. The third kappa shape index (κ3) is 4.84. The van der Waals surface area contributed by atoms with Crippen molar-refractivity contribution in [2.45, 2.75) is 33.1 Å². The smallest absolute Gasteiger partial charge is 0.317 e. The molecule has 0 aromatic heterocycles. The molecule has 1 saturated heterocycles. The van der Waals surface area contributed by atoms with Gasteiger partial charge in [0.1, 0.15) is 0 Å². The quantitative estimate of drug-likeness (QED) is 0.743. The van der Waals surface area contributed by atoms with Gasteiger partial charge in [-0.25, -0.2) is 13.2 Å². The molecule has 1 N–H and O–H groups in total. The number of nitrogens with one attached hydrogen (secondary N) is 1. The summed E-state index contributed by atoms with van der Waals surface area (Å²) in [6.45, 7) is 5.96. The molecule has 1 heterocycles. The van der Waals surface area contributed by atoms with Gasteiger partial charge in [-0.05, 0) is 39.0 Å². The Kier molecular flexibility index (Phi) is 5.91. The molecule has 0 radical (unpaired) electrons. The van der Waals surface area contributed by atoms with Crippen LogP contribution in [0.2, 0.25) is 0 Å². The van der Waals surface area contributed by atoms with Crippen LogP contribution in [0.25, 0.3) is 0 Å². The number of sulfone groups is 1. The highest BCUT2D eigenvalue weighted by molar-refractivity contribution is 7.91. The average Bonchev–Trinajstić information content (AvgIpc) is 2.66. The standard InChI is InChI=1S/C12H24N2O3S/c1-3-14(4-2)12(15)13-8-5-6-11-7-9-18(16,17)10-11/h11H,3-10H2,1-2H3,(H,13,15). The summed E-state index contributed by atoms with van der Waals surface area (Å²) < 4.78 is 22.5. The Morgan fingerprint density at radius 2 is 2.00 bits per heavy atom. The Labute approximate surface area is 110 Å². The van der Waals surface area contributed by atoms with Gasteiger partial charge in [-0.2, -0.15) is 0 Å². The van der Waals surface area contributed by atoms with Crippen molar-refractivity contribution in [3.63, 3.8) is 0 Å². The van der Waals surface area contributed by atoms with Crippen molar-refractivity contribution >= 4 is 15.9 Å².